The van der Waals surface area contributed by atoms with Gasteiger partial charge in [-0.2, -0.15) is 10.5 Å². The lowest BCUT2D eigenvalue weighted by Crippen LogP contribution is -1.83. The molecular formula is C12H10N2. The lowest BCUT2D eigenvalue weighted by atomic mass is 10.1. The predicted octanol–water partition coefficient (Wildman–Crippen LogP) is 2.51. The number of benzene rings is 1. The largest absolute Gasteiger partial charge is 0.192 e. The normalized spacial score (nSPS) is 8.50. The Morgan fingerprint density at radius 2 is 1.79 bits per heavy atom. The fourth-order valence-electron chi connectivity index (χ4n) is 1.06. The molecule has 0 saturated heterocycles. The first-order valence-electron chi connectivity index (χ1n) is 4.32. The maximum Gasteiger partial charge on any atom is 0.126 e. The van der Waals surface area contributed by atoms with Crippen molar-refractivity contribution in [3.05, 3.63) is 47.0 Å². The second-order valence-corrected chi connectivity index (χ2v) is 3.03. The molecule has 1 aromatic carbocycles. The Labute approximate surface area is 83.7 Å². The van der Waals surface area contributed by atoms with Gasteiger partial charge in [0.1, 0.15) is 17.7 Å². The molecule has 0 bridgehead atoms. The van der Waals surface area contributed by atoms with E-state index in [4.69, 9.17) is 10.5 Å². The molecule has 0 spiro atoms. The Morgan fingerprint density at radius 1 is 1.21 bits per heavy atom. The first-order valence-corrected chi connectivity index (χ1v) is 4.32. The molecular weight excluding hydrogens is 172 g/mol. The average molecular weight is 182 g/mol. The van der Waals surface area contributed by atoms with Gasteiger partial charge in [0.05, 0.1) is 0 Å². The van der Waals surface area contributed by atoms with Crippen LogP contribution in [-0.2, 0) is 6.42 Å². The molecule has 2 nitrogen and oxygen atoms in total. The molecule has 0 N–H and O–H groups in total. The van der Waals surface area contributed by atoms with Gasteiger partial charge in [0.2, 0.25) is 0 Å². The van der Waals surface area contributed by atoms with Crippen LogP contribution in [0.15, 0.2) is 35.9 Å². The molecule has 0 saturated carbocycles. The van der Waals surface area contributed by atoms with Gasteiger partial charge in [0, 0.05) is 0 Å². The highest BCUT2D eigenvalue weighted by atomic mass is 14.3. The van der Waals surface area contributed by atoms with Crippen LogP contribution >= 0.6 is 0 Å². The van der Waals surface area contributed by atoms with Gasteiger partial charge in [-0.05, 0) is 18.9 Å². The second kappa shape index (κ2) is 4.84. The molecule has 68 valence electrons. The van der Waals surface area contributed by atoms with Gasteiger partial charge in [-0.15, -0.1) is 0 Å². The van der Waals surface area contributed by atoms with E-state index in [1.54, 1.807) is 6.08 Å². The monoisotopic (exact) mass is 182 g/mol. The van der Waals surface area contributed by atoms with Gasteiger partial charge < -0.3 is 0 Å². The standard InChI is InChI=1S/C12H10N2/c1-10-2-4-11(5-3-10)6-7-12(8-13)9-14/h2-5,7H,6H2,1H3. The number of nitrogens with zero attached hydrogens (tertiary/aromatic N) is 2. The maximum absolute atomic E-state index is 8.51. The van der Waals surface area contributed by atoms with Crippen molar-refractivity contribution in [1.29, 1.82) is 10.5 Å². The number of hydrogen-bond donors (Lipinski definition) is 0. The molecule has 0 aliphatic rings. The van der Waals surface area contributed by atoms with E-state index in [2.05, 4.69) is 0 Å². The number of aryl methyl sites for hydroxylation is 1. The van der Waals surface area contributed by atoms with Crippen LogP contribution < -0.4 is 0 Å². The third-order valence-corrected chi connectivity index (χ3v) is 1.90. The minimum Gasteiger partial charge on any atom is -0.192 e. The molecule has 0 fully saturated rings. The number of nitriles is 2. The third kappa shape index (κ3) is 2.77. The summed E-state index contributed by atoms with van der Waals surface area (Å²) in [4.78, 5) is 0. The zero-order valence-corrected chi connectivity index (χ0v) is 7.99. The predicted molar refractivity (Wildman–Crippen MR) is 54.2 cm³/mol. The van der Waals surface area contributed by atoms with Crippen molar-refractivity contribution in [2.75, 3.05) is 0 Å². The van der Waals surface area contributed by atoms with Gasteiger partial charge in [-0.25, -0.2) is 0 Å². The highest BCUT2D eigenvalue weighted by Gasteiger charge is 1.93. The molecule has 2 heteroatoms. The summed E-state index contributed by atoms with van der Waals surface area (Å²) in [7, 11) is 0. The summed E-state index contributed by atoms with van der Waals surface area (Å²) in [6.45, 7) is 2.02. The highest BCUT2D eigenvalue weighted by Crippen LogP contribution is 2.05. The van der Waals surface area contributed by atoms with Crippen LogP contribution in [-0.4, -0.2) is 0 Å². The van der Waals surface area contributed by atoms with Gasteiger partial charge in [0.25, 0.3) is 0 Å². The molecule has 0 amide bonds. The van der Waals surface area contributed by atoms with Crippen molar-refractivity contribution < 1.29 is 0 Å². The van der Waals surface area contributed by atoms with E-state index < -0.39 is 0 Å². The molecule has 0 aliphatic carbocycles. The minimum absolute atomic E-state index is 0.172. The third-order valence-electron chi connectivity index (χ3n) is 1.90. The summed E-state index contributed by atoms with van der Waals surface area (Å²) >= 11 is 0. The Kier molecular flexibility index (Phi) is 3.47. The lowest BCUT2D eigenvalue weighted by molar-refractivity contribution is 1.24. The van der Waals surface area contributed by atoms with Crippen LogP contribution in [0.4, 0.5) is 0 Å². The molecule has 1 rings (SSSR count). The maximum atomic E-state index is 8.51. The van der Waals surface area contributed by atoms with Crippen molar-refractivity contribution in [2.24, 2.45) is 0 Å². The summed E-state index contributed by atoms with van der Waals surface area (Å²) in [5.74, 6) is 0. The van der Waals surface area contributed by atoms with Gasteiger partial charge >= 0.3 is 0 Å². The number of rotatable bonds is 2. The van der Waals surface area contributed by atoms with Crippen molar-refractivity contribution in [3.8, 4) is 12.1 Å². The van der Waals surface area contributed by atoms with Crippen molar-refractivity contribution in [3.63, 3.8) is 0 Å². The average Bonchev–Trinajstić information content (AvgIpc) is 2.22. The van der Waals surface area contributed by atoms with Crippen molar-refractivity contribution in [1.82, 2.24) is 0 Å². The van der Waals surface area contributed by atoms with E-state index in [-0.39, 0.29) is 5.57 Å². The van der Waals surface area contributed by atoms with Crippen molar-refractivity contribution in [2.45, 2.75) is 13.3 Å². The number of hydrogen-bond acceptors (Lipinski definition) is 2. The van der Waals surface area contributed by atoms with E-state index in [0.717, 1.165) is 5.56 Å². The van der Waals surface area contributed by atoms with Crippen LogP contribution in [0.1, 0.15) is 11.1 Å². The molecule has 1 aromatic rings. The Hall–Kier alpha value is -2.06. The SMILES string of the molecule is Cc1ccc(CC=C(C#N)C#N)cc1. The van der Waals surface area contributed by atoms with E-state index >= 15 is 0 Å². The Balaban J connectivity index is 2.73. The molecule has 0 heterocycles. The van der Waals surface area contributed by atoms with E-state index in [0.29, 0.717) is 6.42 Å². The van der Waals surface area contributed by atoms with E-state index in [9.17, 15) is 0 Å². The Morgan fingerprint density at radius 3 is 2.29 bits per heavy atom. The quantitative estimate of drug-likeness (QED) is 0.660. The lowest BCUT2D eigenvalue weighted by Gasteiger charge is -1.96. The molecule has 0 aliphatic heterocycles. The summed E-state index contributed by atoms with van der Waals surface area (Å²) in [5.41, 5.74) is 2.49. The fraction of sp³-hybridized carbons (Fsp3) is 0.167. The van der Waals surface area contributed by atoms with Crippen molar-refractivity contribution >= 4 is 0 Å². The van der Waals surface area contributed by atoms with Gasteiger partial charge in [-0.3, -0.25) is 0 Å². The van der Waals surface area contributed by atoms with Crippen LogP contribution in [0.5, 0.6) is 0 Å². The van der Waals surface area contributed by atoms with Crippen LogP contribution in [0.2, 0.25) is 0 Å². The van der Waals surface area contributed by atoms with E-state index in [1.165, 1.54) is 5.56 Å². The highest BCUT2D eigenvalue weighted by molar-refractivity contribution is 5.36. The first kappa shape index (κ1) is 10.0. The van der Waals surface area contributed by atoms with Crippen LogP contribution in [0.25, 0.3) is 0 Å². The van der Waals surface area contributed by atoms with Crippen LogP contribution in [0, 0.1) is 29.6 Å². The zero-order valence-electron chi connectivity index (χ0n) is 7.99. The molecule has 0 unspecified atom stereocenters. The molecule has 0 aromatic heterocycles. The fourth-order valence-corrected chi connectivity index (χ4v) is 1.06. The summed E-state index contributed by atoms with van der Waals surface area (Å²) in [6, 6.07) is 11.7. The zero-order chi connectivity index (χ0) is 10.4. The first-order chi connectivity index (χ1) is 6.76. The smallest absolute Gasteiger partial charge is 0.126 e. The summed E-state index contributed by atoms with van der Waals surface area (Å²) in [5, 5.41) is 17.0. The van der Waals surface area contributed by atoms with Gasteiger partial charge in [-0.1, -0.05) is 35.9 Å². The van der Waals surface area contributed by atoms with Crippen LogP contribution in [0.3, 0.4) is 0 Å². The second-order valence-electron chi connectivity index (χ2n) is 3.03. The minimum atomic E-state index is 0.172. The van der Waals surface area contributed by atoms with Gasteiger partial charge in [0.15, 0.2) is 0 Å². The molecule has 0 atom stereocenters. The molecule has 0 radical (unpaired) electrons. The van der Waals surface area contributed by atoms with E-state index in [1.807, 2.05) is 43.3 Å². The molecule has 14 heavy (non-hydrogen) atoms. The Bertz CT molecular complexity index is 397. The summed E-state index contributed by atoms with van der Waals surface area (Å²) in [6.07, 6.45) is 2.28. The topological polar surface area (TPSA) is 47.6 Å². The number of allylic oxidation sites excluding steroid dienone is 2. The summed E-state index contributed by atoms with van der Waals surface area (Å²) < 4.78 is 0.